The fourth-order valence-electron chi connectivity index (χ4n) is 3.18. The molecule has 3 atom stereocenters. The van der Waals surface area contributed by atoms with Gasteiger partial charge in [-0.15, -0.1) is 11.8 Å². The van der Waals surface area contributed by atoms with E-state index in [0.717, 1.165) is 10.5 Å². The lowest BCUT2D eigenvalue weighted by Crippen LogP contribution is -2.74. The van der Waals surface area contributed by atoms with Gasteiger partial charge in [-0.1, -0.05) is 36.9 Å². The summed E-state index contributed by atoms with van der Waals surface area (Å²) in [4.78, 5) is 39.8. The number of hydrogen-bond donors (Lipinski definition) is 1. The van der Waals surface area contributed by atoms with E-state index in [-0.39, 0.29) is 23.6 Å². The van der Waals surface area contributed by atoms with Gasteiger partial charge in [-0.3, -0.25) is 9.59 Å². The summed E-state index contributed by atoms with van der Waals surface area (Å²) in [6, 6.07) is 8.02. The lowest BCUT2D eigenvalue weighted by atomic mass is 9.99. The van der Waals surface area contributed by atoms with Crippen molar-refractivity contribution in [2.75, 3.05) is 0 Å². The molecule has 0 spiro atoms. The molecule has 7 heteroatoms. The van der Waals surface area contributed by atoms with E-state index in [1.807, 2.05) is 30.3 Å². The third-order valence-electron chi connectivity index (χ3n) is 4.33. The maximum atomic E-state index is 12.6. The number of nitrogens with one attached hydrogen (secondary N) is 1. The highest BCUT2D eigenvalue weighted by atomic mass is 32.2. The highest BCUT2D eigenvalue weighted by Crippen LogP contribution is 2.43. The summed E-state index contributed by atoms with van der Waals surface area (Å²) in [6.07, 6.45) is 0.574. The summed E-state index contributed by atoms with van der Waals surface area (Å²) in [5.41, 5.74) is 0.251. The Morgan fingerprint density at radius 1 is 1.30 bits per heavy atom. The highest BCUT2D eigenvalue weighted by Gasteiger charge is 2.56. The Morgan fingerprint density at radius 2 is 1.96 bits per heavy atom. The minimum atomic E-state index is -0.683. The Kier molecular flexibility index (Phi) is 5.33. The maximum Gasteiger partial charge on any atom is 0.329 e. The average molecular weight is 388 g/mol. The molecule has 6 nitrogen and oxygen atoms in total. The first-order valence-corrected chi connectivity index (χ1v) is 9.76. The van der Waals surface area contributed by atoms with Crippen LogP contribution in [0.3, 0.4) is 0 Å². The molecule has 2 aliphatic rings. The SMILES string of the molecule is C=C1C[C@H](C(=O)OC(C)(C)C)N2C(=O)[C@@H](NC(=O)Cc3ccccc3)[C@H]2S1. The minimum absolute atomic E-state index is 0.207. The van der Waals surface area contributed by atoms with Crippen molar-refractivity contribution in [1.29, 1.82) is 0 Å². The van der Waals surface area contributed by atoms with Crippen molar-refractivity contribution in [3.8, 4) is 0 Å². The fourth-order valence-corrected chi connectivity index (χ4v) is 4.46. The zero-order chi connectivity index (χ0) is 19.8. The van der Waals surface area contributed by atoms with Gasteiger partial charge in [-0.05, 0) is 31.2 Å². The van der Waals surface area contributed by atoms with Gasteiger partial charge in [0.1, 0.15) is 23.1 Å². The zero-order valence-corrected chi connectivity index (χ0v) is 16.5. The van der Waals surface area contributed by atoms with E-state index < -0.39 is 23.7 Å². The van der Waals surface area contributed by atoms with Gasteiger partial charge in [-0.25, -0.2) is 4.79 Å². The van der Waals surface area contributed by atoms with Gasteiger partial charge in [0, 0.05) is 6.42 Å². The monoisotopic (exact) mass is 388 g/mol. The van der Waals surface area contributed by atoms with Crippen LogP contribution in [-0.4, -0.2) is 45.7 Å². The highest BCUT2D eigenvalue weighted by molar-refractivity contribution is 8.03. The standard InChI is InChI=1S/C20H24N2O4S/c1-12-10-14(19(25)26-20(2,3)4)22-17(24)16(18(22)27-12)21-15(23)11-13-8-6-5-7-9-13/h5-9,14,16,18H,1,10-11H2,2-4H3,(H,21,23)/t14-,16-,18-/m1/s1. The van der Waals surface area contributed by atoms with Gasteiger partial charge < -0.3 is 15.0 Å². The number of nitrogens with zero attached hydrogens (tertiary/aromatic N) is 1. The van der Waals surface area contributed by atoms with Crippen molar-refractivity contribution in [2.24, 2.45) is 0 Å². The van der Waals surface area contributed by atoms with Crippen LogP contribution in [0, 0.1) is 0 Å². The van der Waals surface area contributed by atoms with Crippen LogP contribution in [0.25, 0.3) is 0 Å². The molecule has 0 aliphatic carbocycles. The zero-order valence-electron chi connectivity index (χ0n) is 15.7. The Morgan fingerprint density at radius 3 is 2.59 bits per heavy atom. The van der Waals surface area contributed by atoms with Crippen LogP contribution in [-0.2, 0) is 25.5 Å². The van der Waals surface area contributed by atoms with Crippen molar-refractivity contribution in [1.82, 2.24) is 10.2 Å². The molecule has 2 fully saturated rings. The molecule has 3 rings (SSSR count). The molecule has 2 saturated heterocycles. The molecule has 1 N–H and O–H groups in total. The lowest BCUT2D eigenvalue weighted by molar-refractivity contribution is -0.172. The second-order valence-corrected chi connectivity index (χ2v) is 9.05. The predicted octanol–water partition coefficient (Wildman–Crippen LogP) is 2.24. The van der Waals surface area contributed by atoms with Gasteiger partial charge >= 0.3 is 5.97 Å². The van der Waals surface area contributed by atoms with Crippen LogP contribution in [0.4, 0.5) is 0 Å². The first-order chi connectivity index (χ1) is 12.7. The van der Waals surface area contributed by atoms with Crippen LogP contribution in [0.15, 0.2) is 41.8 Å². The molecule has 0 bridgehead atoms. The Bertz CT molecular complexity index is 772. The largest absolute Gasteiger partial charge is 0.458 e. The predicted molar refractivity (Wildman–Crippen MR) is 104 cm³/mol. The topological polar surface area (TPSA) is 75.7 Å². The summed E-state index contributed by atoms with van der Waals surface area (Å²) in [5, 5.41) is 2.47. The maximum absolute atomic E-state index is 12.6. The smallest absolute Gasteiger partial charge is 0.329 e. The molecule has 2 aliphatic heterocycles. The van der Waals surface area contributed by atoms with E-state index in [2.05, 4.69) is 11.9 Å². The molecule has 0 aromatic heterocycles. The summed E-state index contributed by atoms with van der Waals surface area (Å²) in [7, 11) is 0. The van der Waals surface area contributed by atoms with Crippen LogP contribution in [0.2, 0.25) is 0 Å². The molecular formula is C20H24N2O4S. The Hall–Kier alpha value is -2.28. The molecule has 1 aromatic carbocycles. The molecule has 144 valence electrons. The number of thioether (sulfide) groups is 1. The van der Waals surface area contributed by atoms with E-state index in [0.29, 0.717) is 6.42 Å². The van der Waals surface area contributed by atoms with Gasteiger partial charge in [-0.2, -0.15) is 0 Å². The molecule has 1 aromatic rings. The first kappa shape index (κ1) is 19.5. The summed E-state index contributed by atoms with van der Waals surface area (Å²) in [6.45, 7) is 9.35. The number of fused-ring (bicyclic) bond motifs is 1. The molecule has 2 amide bonds. The molecule has 0 radical (unpaired) electrons. The molecule has 27 heavy (non-hydrogen) atoms. The average Bonchev–Trinajstić information content (AvgIpc) is 2.58. The fraction of sp³-hybridized carbons (Fsp3) is 0.450. The van der Waals surface area contributed by atoms with Crippen molar-refractivity contribution in [2.45, 2.75) is 56.7 Å². The Labute approximate surface area is 163 Å². The van der Waals surface area contributed by atoms with Crippen LogP contribution < -0.4 is 5.32 Å². The number of esters is 1. The number of carbonyl (C=O) groups excluding carboxylic acids is 3. The third kappa shape index (κ3) is 4.35. The Balaban J connectivity index is 1.66. The quantitative estimate of drug-likeness (QED) is 0.632. The van der Waals surface area contributed by atoms with Crippen LogP contribution >= 0.6 is 11.8 Å². The van der Waals surface area contributed by atoms with Crippen molar-refractivity contribution >= 4 is 29.5 Å². The van der Waals surface area contributed by atoms with Crippen molar-refractivity contribution in [3.63, 3.8) is 0 Å². The number of hydrogen-bond acceptors (Lipinski definition) is 5. The van der Waals surface area contributed by atoms with Crippen molar-refractivity contribution < 1.29 is 19.1 Å². The van der Waals surface area contributed by atoms with E-state index in [1.54, 1.807) is 20.8 Å². The van der Waals surface area contributed by atoms with Gasteiger partial charge in [0.05, 0.1) is 6.42 Å². The van der Waals surface area contributed by atoms with Gasteiger partial charge in [0.25, 0.3) is 0 Å². The van der Waals surface area contributed by atoms with Crippen molar-refractivity contribution in [3.05, 3.63) is 47.4 Å². The number of β-lactam (4-membered cyclic amide) rings is 1. The summed E-state index contributed by atoms with van der Waals surface area (Å²) < 4.78 is 5.45. The molecular weight excluding hydrogens is 364 g/mol. The number of ether oxygens (including phenoxy) is 1. The van der Waals surface area contributed by atoms with Crippen LogP contribution in [0.5, 0.6) is 0 Å². The van der Waals surface area contributed by atoms with E-state index in [9.17, 15) is 14.4 Å². The summed E-state index contributed by atoms with van der Waals surface area (Å²) >= 11 is 1.42. The number of amides is 2. The summed E-state index contributed by atoms with van der Waals surface area (Å²) in [5.74, 6) is -0.904. The van der Waals surface area contributed by atoms with Gasteiger partial charge in [0.15, 0.2) is 0 Å². The second kappa shape index (κ2) is 7.38. The lowest BCUT2D eigenvalue weighted by Gasteiger charge is -2.52. The number of carbonyl (C=O) groups is 3. The van der Waals surface area contributed by atoms with Gasteiger partial charge in [0.2, 0.25) is 11.8 Å². The number of benzene rings is 1. The van der Waals surface area contributed by atoms with E-state index in [4.69, 9.17) is 4.74 Å². The van der Waals surface area contributed by atoms with Crippen LogP contribution in [0.1, 0.15) is 32.8 Å². The second-order valence-electron chi connectivity index (χ2n) is 7.75. The number of rotatable bonds is 4. The molecule has 0 unspecified atom stereocenters. The third-order valence-corrected chi connectivity index (χ3v) is 5.57. The molecule has 2 heterocycles. The normalized spacial score (nSPS) is 24.7. The van der Waals surface area contributed by atoms with E-state index >= 15 is 0 Å². The minimum Gasteiger partial charge on any atom is -0.458 e. The van der Waals surface area contributed by atoms with E-state index in [1.165, 1.54) is 16.7 Å². The first-order valence-electron chi connectivity index (χ1n) is 8.88. The molecule has 0 saturated carbocycles.